The van der Waals surface area contributed by atoms with Crippen LogP contribution in [0.5, 0.6) is 0 Å². The second-order valence-corrected chi connectivity index (χ2v) is 5.24. The van der Waals surface area contributed by atoms with Gasteiger partial charge in [0.25, 0.3) is 0 Å². The number of rotatable bonds is 6. The zero-order valence-electron chi connectivity index (χ0n) is 9.29. The molecule has 0 spiro atoms. The lowest BCUT2D eigenvalue weighted by Gasteiger charge is -2.08. The van der Waals surface area contributed by atoms with E-state index in [1.54, 1.807) is 0 Å². The van der Waals surface area contributed by atoms with Crippen LogP contribution in [0.1, 0.15) is 18.4 Å². The van der Waals surface area contributed by atoms with E-state index in [1.807, 2.05) is 30.0 Å². The van der Waals surface area contributed by atoms with Crippen LogP contribution in [0.25, 0.3) is 0 Å². The molecule has 0 heterocycles. The Kier molecular flexibility index (Phi) is 6.36. The van der Waals surface area contributed by atoms with Gasteiger partial charge in [-0.2, -0.15) is 17.0 Å². The zero-order chi connectivity index (χ0) is 11.8. The molecule has 0 radical (unpaired) electrons. The van der Waals surface area contributed by atoms with Gasteiger partial charge in [0.2, 0.25) is 0 Å². The number of thioether (sulfide) groups is 1. The maximum atomic E-state index is 9.02. The van der Waals surface area contributed by atoms with E-state index >= 15 is 0 Å². The lowest BCUT2D eigenvalue weighted by atomic mass is 10.2. The fraction of sp³-hybridized carbons (Fsp3) is 0.417. The predicted molar refractivity (Wildman–Crippen MR) is 75.0 cm³/mol. The number of nitriles is 1. The lowest BCUT2D eigenvalue weighted by molar-refractivity contribution is 0.843. The molecule has 0 aliphatic heterocycles. The third kappa shape index (κ3) is 4.07. The molecule has 0 aromatic heterocycles. The van der Waals surface area contributed by atoms with Gasteiger partial charge in [0, 0.05) is 11.0 Å². The van der Waals surface area contributed by atoms with Crippen LogP contribution >= 0.6 is 27.7 Å². The van der Waals surface area contributed by atoms with Crippen molar-refractivity contribution in [2.24, 2.45) is 0 Å². The van der Waals surface area contributed by atoms with Gasteiger partial charge in [-0.3, -0.25) is 0 Å². The number of nitrogens with zero attached hydrogens (tertiary/aromatic N) is 1. The highest BCUT2D eigenvalue weighted by atomic mass is 79.9. The Labute approximate surface area is 110 Å². The van der Waals surface area contributed by atoms with E-state index in [4.69, 9.17) is 5.26 Å². The fourth-order valence-corrected chi connectivity index (χ4v) is 2.33. The van der Waals surface area contributed by atoms with Crippen molar-refractivity contribution >= 4 is 33.4 Å². The first-order valence-corrected chi connectivity index (χ1v) is 7.39. The van der Waals surface area contributed by atoms with Crippen molar-refractivity contribution in [3.63, 3.8) is 0 Å². The summed E-state index contributed by atoms with van der Waals surface area (Å²) in [4.78, 5) is 0. The van der Waals surface area contributed by atoms with E-state index in [2.05, 4.69) is 33.6 Å². The van der Waals surface area contributed by atoms with Crippen molar-refractivity contribution in [2.75, 3.05) is 23.9 Å². The normalized spacial score (nSPS) is 9.81. The summed E-state index contributed by atoms with van der Waals surface area (Å²) in [6.07, 6.45) is 4.47. The Morgan fingerprint density at radius 2 is 2.25 bits per heavy atom. The minimum atomic E-state index is 0.687. The Hall–Kier alpha value is -0.660. The molecule has 0 saturated carbocycles. The van der Waals surface area contributed by atoms with Crippen LogP contribution in [0.3, 0.4) is 0 Å². The molecule has 4 heteroatoms. The van der Waals surface area contributed by atoms with Crippen LogP contribution in [0.2, 0.25) is 0 Å². The molecule has 0 saturated heterocycles. The maximum Gasteiger partial charge on any atom is 0.103 e. The van der Waals surface area contributed by atoms with Crippen LogP contribution in [-0.2, 0) is 0 Å². The molecule has 0 fully saturated rings. The molecule has 86 valence electrons. The van der Waals surface area contributed by atoms with E-state index in [1.165, 1.54) is 12.2 Å². The first kappa shape index (κ1) is 13.4. The molecular formula is C12H15BrN2S. The summed E-state index contributed by atoms with van der Waals surface area (Å²) in [5.41, 5.74) is 1.60. The van der Waals surface area contributed by atoms with E-state index in [9.17, 15) is 0 Å². The number of unbranched alkanes of at least 4 members (excludes halogenated alkanes) is 1. The van der Waals surface area contributed by atoms with Crippen molar-refractivity contribution < 1.29 is 0 Å². The molecule has 0 unspecified atom stereocenters. The summed E-state index contributed by atoms with van der Waals surface area (Å²) >= 11 is 5.25. The summed E-state index contributed by atoms with van der Waals surface area (Å²) in [7, 11) is 0. The second-order valence-electron chi connectivity index (χ2n) is 3.40. The summed E-state index contributed by atoms with van der Waals surface area (Å²) in [5, 5.41) is 12.3. The number of halogens is 1. The number of hydrogen-bond donors (Lipinski definition) is 1. The number of anilines is 1. The molecule has 0 bridgehead atoms. The highest BCUT2D eigenvalue weighted by molar-refractivity contribution is 9.10. The molecule has 0 aliphatic rings. The molecule has 16 heavy (non-hydrogen) atoms. The van der Waals surface area contributed by atoms with E-state index in [0.29, 0.717) is 5.56 Å². The minimum absolute atomic E-state index is 0.687. The van der Waals surface area contributed by atoms with Gasteiger partial charge in [0.15, 0.2) is 0 Å². The molecule has 1 aromatic carbocycles. The molecule has 0 atom stereocenters. The topological polar surface area (TPSA) is 35.8 Å². The molecular weight excluding hydrogens is 284 g/mol. The van der Waals surface area contributed by atoms with Crippen LogP contribution in [0, 0.1) is 11.3 Å². The van der Waals surface area contributed by atoms with Gasteiger partial charge < -0.3 is 5.32 Å². The maximum absolute atomic E-state index is 9.02. The summed E-state index contributed by atoms with van der Waals surface area (Å²) in [6, 6.07) is 7.97. The number of nitrogens with one attached hydrogen (secondary N) is 1. The Bertz CT molecular complexity index is 374. The van der Waals surface area contributed by atoms with Gasteiger partial charge in [0.1, 0.15) is 6.07 Å². The number of hydrogen-bond acceptors (Lipinski definition) is 3. The number of benzene rings is 1. The zero-order valence-corrected chi connectivity index (χ0v) is 11.7. The van der Waals surface area contributed by atoms with Gasteiger partial charge in [-0.15, -0.1) is 0 Å². The van der Waals surface area contributed by atoms with Crippen LogP contribution in [0.15, 0.2) is 22.7 Å². The van der Waals surface area contributed by atoms with E-state index in [0.717, 1.165) is 23.1 Å². The highest BCUT2D eigenvalue weighted by Crippen LogP contribution is 2.23. The molecule has 0 amide bonds. The van der Waals surface area contributed by atoms with Gasteiger partial charge in [-0.05, 0) is 52.9 Å². The quantitative estimate of drug-likeness (QED) is 0.810. The standard InChI is InChI=1S/C12H15BrN2S/c1-16-8-3-2-7-15-12-6-4-5-11(13)10(12)9-14/h4-6,15H,2-3,7-8H2,1H3. The smallest absolute Gasteiger partial charge is 0.103 e. The molecule has 1 aromatic rings. The first-order valence-electron chi connectivity index (χ1n) is 5.21. The van der Waals surface area contributed by atoms with Crippen LogP contribution in [-0.4, -0.2) is 18.6 Å². The predicted octanol–water partition coefficient (Wildman–Crippen LogP) is 3.88. The van der Waals surface area contributed by atoms with Gasteiger partial charge in [0.05, 0.1) is 11.3 Å². The summed E-state index contributed by atoms with van der Waals surface area (Å²) in [6.45, 7) is 0.922. The average Bonchev–Trinajstić information content (AvgIpc) is 2.29. The SMILES string of the molecule is CSCCCCNc1cccc(Br)c1C#N. The Morgan fingerprint density at radius 1 is 1.44 bits per heavy atom. The molecule has 0 aliphatic carbocycles. The highest BCUT2D eigenvalue weighted by Gasteiger charge is 2.04. The van der Waals surface area contributed by atoms with Crippen molar-refractivity contribution in [1.29, 1.82) is 5.26 Å². The third-order valence-corrected chi connectivity index (χ3v) is 3.57. The minimum Gasteiger partial charge on any atom is -0.384 e. The lowest BCUT2D eigenvalue weighted by Crippen LogP contribution is -2.03. The van der Waals surface area contributed by atoms with Crippen LogP contribution < -0.4 is 5.32 Å². The first-order chi connectivity index (χ1) is 7.79. The largest absolute Gasteiger partial charge is 0.384 e. The van der Waals surface area contributed by atoms with Gasteiger partial charge >= 0.3 is 0 Å². The van der Waals surface area contributed by atoms with Gasteiger partial charge in [-0.25, -0.2) is 0 Å². The van der Waals surface area contributed by atoms with Crippen molar-refractivity contribution in [3.05, 3.63) is 28.2 Å². The average molecular weight is 299 g/mol. The molecule has 1 N–H and O–H groups in total. The third-order valence-electron chi connectivity index (χ3n) is 2.22. The summed E-state index contributed by atoms with van der Waals surface area (Å²) < 4.78 is 0.851. The summed E-state index contributed by atoms with van der Waals surface area (Å²) in [5.74, 6) is 1.20. The molecule has 1 rings (SSSR count). The van der Waals surface area contributed by atoms with Crippen molar-refractivity contribution in [3.8, 4) is 6.07 Å². The fourth-order valence-electron chi connectivity index (χ4n) is 1.38. The monoisotopic (exact) mass is 298 g/mol. The van der Waals surface area contributed by atoms with E-state index < -0.39 is 0 Å². The second kappa shape index (κ2) is 7.59. The van der Waals surface area contributed by atoms with E-state index in [-0.39, 0.29) is 0 Å². The molecule has 2 nitrogen and oxygen atoms in total. The Balaban J connectivity index is 2.48. The van der Waals surface area contributed by atoms with Gasteiger partial charge in [-0.1, -0.05) is 6.07 Å². The van der Waals surface area contributed by atoms with Crippen molar-refractivity contribution in [1.82, 2.24) is 0 Å². The van der Waals surface area contributed by atoms with Crippen LogP contribution in [0.4, 0.5) is 5.69 Å². The van der Waals surface area contributed by atoms with Crippen molar-refractivity contribution in [2.45, 2.75) is 12.8 Å². The Morgan fingerprint density at radius 3 is 2.94 bits per heavy atom.